The molecular weight excluding hydrogens is 404 g/mol. The lowest BCUT2D eigenvalue weighted by Crippen LogP contribution is -2.59. The predicted molar refractivity (Wildman–Crippen MR) is 102 cm³/mol. The number of amides is 4. The number of aliphatic hydroxyl groups is 2. The lowest BCUT2D eigenvalue weighted by atomic mass is 10.1. The molecule has 0 rings (SSSR count). The Morgan fingerprint density at radius 2 is 1.27 bits per heavy atom. The van der Waals surface area contributed by atoms with Gasteiger partial charge in [-0.15, -0.1) is 0 Å². The molecule has 172 valence electrons. The van der Waals surface area contributed by atoms with Crippen molar-refractivity contribution in [3.05, 3.63) is 0 Å². The topological polar surface area (TPSA) is 260 Å². The molecule has 4 amide bonds. The second kappa shape index (κ2) is 14.2. The van der Waals surface area contributed by atoms with Crippen LogP contribution in [-0.2, 0) is 24.0 Å². The van der Waals surface area contributed by atoms with Gasteiger partial charge in [-0.3, -0.25) is 19.2 Å². The number of carboxylic acid groups (broad SMARTS) is 1. The van der Waals surface area contributed by atoms with Crippen LogP contribution < -0.4 is 33.2 Å². The van der Waals surface area contributed by atoms with Gasteiger partial charge in [-0.2, -0.15) is 0 Å². The van der Waals surface area contributed by atoms with Crippen molar-refractivity contribution in [1.29, 1.82) is 0 Å². The second-order valence-electron chi connectivity index (χ2n) is 6.45. The maximum atomic E-state index is 12.2. The number of aliphatic carboxylic acids is 1. The molecule has 0 aromatic carbocycles. The highest BCUT2D eigenvalue weighted by Crippen LogP contribution is 2.02. The number of carboxylic acids is 1. The molecular formula is C16H30N6O8. The lowest BCUT2D eigenvalue weighted by molar-refractivity contribution is -0.142. The summed E-state index contributed by atoms with van der Waals surface area (Å²) in [4.78, 5) is 58.3. The molecule has 0 aliphatic rings. The zero-order valence-corrected chi connectivity index (χ0v) is 16.4. The van der Waals surface area contributed by atoms with Crippen molar-refractivity contribution in [3.63, 3.8) is 0 Å². The van der Waals surface area contributed by atoms with Crippen LogP contribution >= 0.6 is 0 Å². The van der Waals surface area contributed by atoms with Crippen molar-refractivity contribution in [1.82, 2.24) is 16.0 Å². The number of aliphatic hydroxyl groups excluding tert-OH is 2. The standard InChI is InChI=1S/C16H30N6O8/c17-4-2-1-3-9(16(29)30)20-14(27)11(7-24)22-15(28)10(6-23)21-13(26)8(18)5-12(19)25/h8-11,23-24H,1-7,17-18H2,(H2,19,25)(H,20,27)(H,21,26)(H,22,28)(H,29,30). The number of unbranched alkanes of at least 4 members (excludes halogenated alkanes) is 1. The minimum Gasteiger partial charge on any atom is -0.480 e. The molecule has 0 radical (unpaired) electrons. The van der Waals surface area contributed by atoms with E-state index in [0.717, 1.165) is 0 Å². The van der Waals surface area contributed by atoms with Crippen molar-refractivity contribution in [2.24, 2.45) is 17.2 Å². The Bertz CT molecular complexity index is 617. The molecule has 0 aliphatic carbocycles. The molecule has 0 saturated heterocycles. The Morgan fingerprint density at radius 3 is 1.67 bits per heavy atom. The van der Waals surface area contributed by atoms with Crippen LogP contribution in [0.5, 0.6) is 0 Å². The minimum absolute atomic E-state index is 0.0947. The van der Waals surface area contributed by atoms with Gasteiger partial charge < -0.3 is 48.5 Å². The number of nitrogens with one attached hydrogen (secondary N) is 3. The van der Waals surface area contributed by atoms with Crippen molar-refractivity contribution in [2.75, 3.05) is 19.8 Å². The molecule has 0 aromatic rings. The van der Waals surface area contributed by atoms with E-state index < -0.39 is 73.4 Å². The lowest BCUT2D eigenvalue weighted by Gasteiger charge is -2.23. The molecule has 0 spiro atoms. The van der Waals surface area contributed by atoms with Gasteiger partial charge in [-0.25, -0.2) is 4.79 Å². The highest BCUT2D eigenvalue weighted by molar-refractivity contribution is 5.95. The largest absolute Gasteiger partial charge is 0.480 e. The summed E-state index contributed by atoms with van der Waals surface area (Å²) in [5.74, 6) is -5.11. The Labute approximate surface area is 172 Å². The van der Waals surface area contributed by atoms with Gasteiger partial charge in [0.25, 0.3) is 0 Å². The summed E-state index contributed by atoms with van der Waals surface area (Å²) in [5.41, 5.74) is 15.7. The van der Waals surface area contributed by atoms with Gasteiger partial charge in [0.05, 0.1) is 25.7 Å². The first-order valence-electron chi connectivity index (χ1n) is 9.16. The summed E-state index contributed by atoms with van der Waals surface area (Å²) in [6, 6.07) is -5.70. The number of hydrogen-bond donors (Lipinski definition) is 9. The maximum Gasteiger partial charge on any atom is 0.326 e. The van der Waals surface area contributed by atoms with E-state index in [-0.39, 0.29) is 6.42 Å². The first-order valence-corrected chi connectivity index (χ1v) is 9.16. The smallest absolute Gasteiger partial charge is 0.326 e. The zero-order chi connectivity index (χ0) is 23.3. The van der Waals surface area contributed by atoms with Gasteiger partial charge in [0, 0.05) is 0 Å². The normalized spacial score (nSPS) is 14.7. The third-order valence-electron chi connectivity index (χ3n) is 3.95. The predicted octanol–water partition coefficient (Wildman–Crippen LogP) is -5.16. The van der Waals surface area contributed by atoms with Gasteiger partial charge in [0.2, 0.25) is 23.6 Å². The SMILES string of the molecule is NCCCCC(NC(=O)C(CO)NC(=O)C(CO)NC(=O)C(N)CC(N)=O)C(=O)O. The molecule has 4 unspecified atom stereocenters. The molecule has 30 heavy (non-hydrogen) atoms. The van der Waals surface area contributed by atoms with Crippen LogP contribution in [0.2, 0.25) is 0 Å². The summed E-state index contributed by atoms with van der Waals surface area (Å²) in [5, 5.41) is 34.2. The van der Waals surface area contributed by atoms with Crippen molar-refractivity contribution < 1.29 is 39.3 Å². The van der Waals surface area contributed by atoms with Gasteiger partial charge >= 0.3 is 5.97 Å². The van der Waals surface area contributed by atoms with Gasteiger partial charge in [0.1, 0.15) is 18.1 Å². The molecule has 0 fully saturated rings. The van der Waals surface area contributed by atoms with E-state index in [9.17, 15) is 39.3 Å². The van der Waals surface area contributed by atoms with E-state index in [4.69, 9.17) is 17.2 Å². The van der Waals surface area contributed by atoms with E-state index in [0.29, 0.717) is 19.4 Å². The molecule has 0 aliphatic heterocycles. The fraction of sp³-hybridized carbons (Fsp3) is 0.688. The average molecular weight is 434 g/mol. The van der Waals surface area contributed by atoms with Crippen LogP contribution in [0.15, 0.2) is 0 Å². The summed E-state index contributed by atoms with van der Waals surface area (Å²) in [7, 11) is 0. The van der Waals surface area contributed by atoms with Gasteiger partial charge in [-0.1, -0.05) is 0 Å². The monoisotopic (exact) mass is 434 g/mol. The molecule has 0 heterocycles. The van der Waals surface area contributed by atoms with Crippen LogP contribution in [0.3, 0.4) is 0 Å². The van der Waals surface area contributed by atoms with E-state index in [1.54, 1.807) is 0 Å². The van der Waals surface area contributed by atoms with Crippen molar-refractivity contribution in [3.8, 4) is 0 Å². The van der Waals surface area contributed by atoms with E-state index in [1.807, 2.05) is 0 Å². The molecule has 12 N–H and O–H groups in total. The minimum atomic E-state index is -1.54. The Hall–Kier alpha value is -2.81. The maximum absolute atomic E-state index is 12.2. The number of carbonyl (C=O) groups excluding carboxylic acids is 4. The summed E-state index contributed by atoms with van der Waals surface area (Å²) in [6.45, 7) is -1.40. The van der Waals surface area contributed by atoms with Crippen LogP contribution in [-0.4, -0.2) is 88.8 Å². The summed E-state index contributed by atoms with van der Waals surface area (Å²) < 4.78 is 0. The number of carbonyl (C=O) groups is 5. The molecule has 0 aromatic heterocycles. The highest BCUT2D eigenvalue weighted by Gasteiger charge is 2.29. The van der Waals surface area contributed by atoms with Crippen LogP contribution in [0.1, 0.15) is 25.7 Å². The van der Waals surface area contributed by atoms with Gasteiger partial charge in [-0.05, 0) is 25.8 Å². The molecule has 0 bridgehead atoms. The van der Waals surface area contributed by atoms with E-state index in [2.05, 4.69) is 16.0 Å². The van der Waals surface area contributed by atoms with Crippen molar-refractivity contribution in [2.45, 2.75) is 49.9 Å². The second-order valence-corrected chi connectivity index (χ2v) is 6.45. The first kappa shape index (κ1) is 27.2. The quantitative estimate of drug-likeness (QED) is 0.111. The molecule has 0 saturated carbocycles. The Balaban J connectivity index is 4.94. The highest BCUT2D eigenvalue weighted by atomic mass is 16.4. The zero-order valence-electron chi connectivity index (χ0n) is 16.4. The first-order chi connectivity index (χ1) is 14.1. The van der Waals surface area contributed by atoms with Crippen LogP contribution in [0.4, 0.5) is 0 Å². The Morgan fingerprint density at radius 1 is 0.800 bits per heavy atom. The number of hydrogen-bond acceptors (Lipinski definition) is 9. The van der Waals surface area contributed by atoms with E-state index >= 15 is 0 Å². The van der Waals surface area contributed by atoms with Crippen LogP contribution in [0, 0.1) is 0 Å². The van der Waals surface area contributed by atoms with Gasteiger partial charge in [0.15, 0.2) is 0 Å². The fourth-order valence-corrected chi connectivity index (χ4v) is 2.27. The summed E-state index contributed by atoms with van der Waals surface area (Å²) >= 11 is 0. The van der Waals surface area contributed by atoms with Crippen molar-refractivity contribution >= 4 is 29.6 Å². The van der Waals surface area contributed by atoms with E-state index in [1.165, 1.54) is 0 Å². The summed E-state index contributed by atoms with van der Waals surface area (Å²) in [6.07, 6.45) is 0.592. The number of primary amides is 1. The molecule has 4 atom stereocenters. The third kappa shape index (κ3) is 10.1. The fourth-order valence-electron chi connectivity index (χ4n) is 2.27. The third-order valence-corrected chi connectivity index (χ3v) is 3.95. The average Bonchev–Trinajstić information content (AvgIpc) is 2.68. The van der Waals surface area contributed by atoms with Crippen LogP contribution in [0.25, 0.3) is 0 Å². The molecule has 14 nitrogen and oxygen atoms in total. The Kier molecular flexibility index (Phi) is 12.9. The molecule has 14 heteroatoms. The number of rotatable bonds is 15. The number of nitrogens with two attached hydrogens (primary N) is 3.